The molecule has 8 heteroatoms. The van der Waals surface area contributed by atoms with Crippen LogP contribution in [0.15, 0.2) is 30.5 Å². The Hall–Kier alpha value is -2.77. The maximum Gasteiger partial charge on any atom is 0.224 e. The zero-order chi connectivity index (χ0) is 15.0. The third kappa shape index (κ3) is 1.87. The van der Waals surface area contributed by atoms with Gasteiger partial charge in [-0.25, -0.2) is 4.39 Å². The molecule has 110 valence electrons. The summed E-state index contributed by atoms with van der Waals surface area (Å²) >= 11 is 0. The third-order valence-corrected chi connectivity index (χ3v) is 4.15. The molecule has 0 radical (unpaired) electrons. The molecule has 0 aromatic carbocycles. The average molecular weight is 297 g/mol. The van der Waals surface area contributed by atoms with E-state index in [0.29, 0.717) is 17.2 Å². The Morgan fingerprint density at radius 1 is 1.09 bits per heavy atom. The minimum atomic E-state index is -0.478. The van der Waals surface area contributed by atoms with Gasteiger partial charge in [-0.3, -0.25) is 4.98 Å². The summed E-state index contributed by atoms with van der Waals surface area (Å²) in [6.45, 7) is 0. The lowest BCUT2D eigenvalue weighted by molar-refractivity contribution is 0.273. The minimum Gasteiger partial charge on any atom is -0.257 e. The van der Waals surface area contributed by atoms with Gasteiger partial charge in [0.1, 0.15) is 11.5 Å². The lowest BCUT2D eigenvalue weighted by atomic mass is 9.64. The molecule has 0 aliphatic heterocycles. The van der Waals surface area contributed by atoms with Gasteiger partial charge in [-0.15, -0.1) is 15.3 Å². The summed E-state index contributed by atoms with van der Waals surface area (Å²) in [4.78, 5) is 4.24. The number of hydrogen-bond donors (Lipinski definition) is 1. The largest absolute Gasteiger partial charge is 0.257 e. The molecule has 0 spiro atoms. The van der Waals surface area contributed by atoms with Crippen molar-refractivity contribution >= 4 is 0 Å². The Labute approximate surface area is 125 Å². The first-order valence-electron chi connectivity index (χ1n) is 6.99. The van der Waals surface area contributed by atoms with E-state index >= 15 is 0 Å². The van der Waals surface area contributed by atoms with Crippen LogP contribution < -0.4 is 0 Å². The standard InChI is InChI=1S/C14H12FN7/c15-9-3-1-8-16-12(9)14(6-2-7-14)11-5-4-10(17-18-11)13-19-21-22-20-13/h1,3-5,8H,2,6-7H2,(H,19,20,21,22). The van der Waals surface area contributed by atoms with E-state index in [1.165, 1.54) is 6.07 Å². The summed E-state index contributed by atoms with van der Waals surface area (Å²) in [5.74, 6) is 0.0805. The number of halogens is 1. The number of aromatic nitrogens is 7. The minimum absolute atomic E-state index is 0.300. The first-order valence-corrected chi connectivity index (χ1v) is 6.99. The predicted molar refractivity (Wildman–Crippen MR) is 74.0 cm³/mol. The second-order valence-corrected chi connectivity index (χ2v) is 5.31. The fourth-order valence-corrected chi connectivity index (χ4v) is 2.86. The average Bonchev–Trinajstić information content (AvgIpc) is 3.03. The summed E-state index contributed by atoms with van der Waals surface area (Å²) in [5, 5.41) is 22.0. The van der Waals surface area contributed by atoms with Crippen molar-refractivity contribution in [2.24, 2.45) is 0 Å². The molecule has 1 saturated carbocycles. The Morgan fingerprint density at radius 2 is 2.00 bits per heavy atom. The van der Waals surface area contributed by atoms with E-state index in [0.717, 1.165) is 25.0 Å². The van der Waals surface area contributed by atoms with E-state index in [-0.39, 0.29) is 5.82 Å². The van der Waals surface area contributed by atoms with Crippen LogP contribution in [-0.2, 0) is 5.41 Å². The monoisotopic (exact) mass is 297 g/mol. The number of rotatable bonds is 3. The predicted octanol–water partition coefficient (Wildman–Crippen LogP) is 1.66. The van der Waals surface area contributed by atoms with Crippen molar-refractivity contribution in [3.05, 3.63) is 47.7 Å². The Morgan fingerprint density at radius 3 is 2.59 bits per heavy atom. The lowest BCUT2D eigenvalue weighted by Crippen LogP contribution is -2.38. The Balaban J connectivity index is 1.75. The highest BCUT2D eigenvalue weighted by molar-refractivity contribution is 5.47. The third-order valence-electron chi connectivity index (χ3n) is 4.15. The molecule has 1 aliphatic carbocycles. The number of nitrogens with one attached hydrogen (secondary N) is 1. The van der Waals surface area contributed by atoms with Crippen molar-refractivity contribution in [2.75, 3.05) is 0 Å². The van der Waals surface area contributed by atoms with Crippen LogP contribution in [0.1, 0.15) is 30.7 Å². The highest BCUT2D eigenvalue weighted by Gasteiger charge is 2.45. The number of aromatic amines is 1. The highest BCUT2D eigenvalue weighted by atomic mass is 19.1. The molecule has 1 aliphatic rings. The summed E-state index contributed by atoms with van der Waals surface area (Å²) in [5.41, 5.74) is 1.22. The van der Waals surface area contributed by atoms with E-state index in [1.54, 1.807) is 18.3 Å². The van der Waals surface area contributed by atoms with Crippen LogP contribution in [-0.4, -0.2) is 35.8 Å². The second-order valence-electron chi connectivity index (χ2n) is 5.31. The molecule has 0 amide bonds. The van der Waals surface area contributed by atoms with Gasteiger partial charge in [-0.05, 0) is 42.3 Å². The van der Waals surface area contributed by atoms with Gasteiger partial charge in [0.05, 0.1) is 16.8 Å². The van der Waals surface area contributed by atoms with Crippen molar-refractivity contribution in [1.29, 1.82) is 0 Å². The zero-order valence-electron chi connectivity index (χ0n) is 11.6. The molecule has 0 saturated heterocycles. The molecule has 7 nitrogen and oxygen atoms in total. The van der Waals surface area contributed by atoms with Crippen molar-refractivity contribution in [1.82, 2.24) is 35.8 Å². The van der Waals surface area contributed by atoms with Crippen LogP contribution in [0.4, 0.5) is 4.39 Å². The van der Waals surface area contributed by atoms with E-state index in [1.807, 2.05) is 6.07 Å². The van der Waals surface area contributed by atoms with Crippen molar-refractivity contribution in [3.63, 3.8) is 0 Å². The summed E-state index contributed by atoms with van der Waals surface area (Å²) in [7, 11) is 0. The number of H-pyrrole nitrogens is 1. The lowest BCUT2D eigenvalue weighted by Gasteiger charge is -2.40. The fourth-order valence-electron chi connectivity index (χ4n) is 2.86. The van der Waals surface area contributed by atoms with E-state index in [4.69, 9.17) is 0 Å². The van der Waals surface area contributed by atoms with Gasteiger partial charge < -0.3 is 0 Å². The zero-order valence-corrected chi connectivity index (χ0v) is 11.6. The van der Waals surface area contributed by atoms with Crippen LogP contribution in [0, 0.1) is 5.82 Å². The van der Waals surface area contributed by atoms with Gasteiger partial charge in [0, 0.05) is 6.20 Å². The normalized spacial score (nSPS) is 16.2. The summed E-state index contributed by atoms with van der Waals surface area (Å²) < 4.78 is 14.2. The molecule has 1 N–H and O–H groups in total. The molecule has 4 rings (SSSR count). The number of hydrogen-bond acceptors (Lipinski definition) is 6. The maximum absolute atomic E-state index is 14.2. The molecule has 0 unspecified atom stereocenters. The SMILES string of the molecule is Fc1cccnc1C1(c2ccc(-c3nn[nH]n3)nn2)CCC1. The van der Waals surface area contributed by atoms with Crippen LogP contribution in [0.5, 0.6) is 0 Å². The highest BCUT2D eigenvalue weighted by Crippen LogP contribution is 2.48. The van der Waals surface area contributed by atoms with Crippen molar-refractivity contribution in [2.45, 2.75) is 24.7 Å². The van der Waals surface area contributed by atoms with Gasteiger partial charge in [-0.2, -0.15) is 10.3 Å². The van der Waals surface area contributed by atoms with Gasteiger partial charge in [0.15, 0.2) is 0 Å². The van der Waals surface area contributed by atoms with Gasteiger partial charge in [0.25, 0.3) is 0 Å². The first-order chi connectivity index (χ1) is 10.8. The van der Waals surface area contributed by atoms with Gasteiger partial charge in [0.2, 0.25) is 5.82 Å². The molecule has 0 bridgehead atoms. The number of pyridine rings is 1. The maximum atomic E-state index is 14.2. The van der Waals surface area contributed by atoms with Crippen LogP contribution in [0.3, 0.4) is 0 Å². The number of tetrazole rings is 1. The van der Waals surface area contributed by atoms with Crippen LogP contribution in [0.25, 0.3) is 11.5 Å². The first kappa shape index (κ1) is 12.9. The van der Waals surface area contributed by atoms with Gasteiger partial charge in [-0.1, -0.05) is 6.42 Å². The van der Waals surface area contributed by atoms with Gasteiger partial charge >= 0.3 is 0 Å². The van der Waals surface area contributed by atoms with E-state index in [2.05, 4.69) is 35.8 Å². The topological polar surface area (TPSA) is 93.1 Å². The Bertz CT molecular complexity index is 781. The number of nitrogens with zero attached hydrogens (tertiary/aromatic N) is 6. The smallest absolute Gasteiger partial charge is 0.224 e. The van der Waals surface area contributed by atoms with Crippen LogP contribution >= 0.6 is 0 Å². The van der Waals surface area contributed by atoms with Crippen molar-refractivity contribution < 1.29 is 4.39 Å². The summed E-state index contributed by atoms with van der Waals surface area (Å²) in [6.07, 6.45) is 4.26. The second kappa shape index (κ2) is 4.90. The molecule has 0 atom stereocenters. The molecule has 3 aromatic rings. The van der Waals surface area contributed by atoms with Crippen molar-refractivity contribution in [3.8, 4) is 11.5 Å². The molecule has 3 aromatic heterocycles. The Kier molecular flexibility index (Phi) is 2.88. The summed E-state index contributed by atoms with van der Waals surface area (Å²) in [6, 6.07) is 6.64. The van der Waals surface area contributed by atoms with Crippen LogP contribution in [0.2, 0.25) is 0 Å². The van der Waals surface area contributed by atoms with E-state index < -0.39 is 5.41 Å². The fraction of sp³-hybridized carbons (Fsp3) is 0.286. The molecule has 3 heterocycles. The molecule has 22 heavy (non-hydrogen) atoms. The molecular formula is C14H12FN7. The molecule has 1 fully saturated rings. The van der Waals surface area contributed by atoms with E-state index in [9.17, 15) is 4.39 Å². The molecular weight excluding hydrogens is 285 g/mol. The quantitative estimate of drug-likeness (QED) is 0.790.